The van der Waals surface area contributed by atoms with E-state index in [1.54, 1.807) is 12.1 Å². The van der Waals surface area contributed by atoms with E-state index in [-0.39, 0.29) is 28.6 Å². The molecule has 3 aromatic rings. The van der Waals surface area contributed by atoms with Gasteiger partial charge in [-0.05, 0) is 49.3 Å². The first-order chi connectivity index (χ1) is 16.2. The normalized spacial score (nSPS) is 22.6. The molecule has 1 aliphatic heterocycles. The summed E-state index contributed by atoms with van der Waals surface area (Å²) in [5, 5.41) is 12.9. The minimum atomic E-state index is -4.25. The van der Waals surface area contributed by atoms with E-state index in [0.29, 0.717) is 27.3 Å². The summed E-state index contributed by atoms with van der Waals surface area (Å²) in [7, 11) is 0. The van der Waals surface area contributed by atoms with Gasteiger partial charge in [-0.3, -0.25) is 0 Å². The molecule has 2 unspecified atom stereocenters. The molecule has 1 saturated carbocycles. The molecule has 1 aliphatic carbocycles. The van der Waals surface area contributed by atoms with Gasteiger partial charge in [0, 0.05) is 35.3 Å². The van der Waals surface area contributed by atoms with Crippen LogP contribution in [0.1, 0.15) is 36.1 Å². The van der Waals surface area contributed by atoms with Crippen molar-refractivity contribution in [2.45, 2.75) is 50.7 Å². The number of hydrogen-bond acceptors (Lipinski definition) is 6. The number of nitrogens with zero attached hydrogens (tertiary/aromatic N) is 4. The van der Waals surface area contributed by atoms with Gasteiger partial charge in [0.05, 0.1) is 24.3 Å². The molecule has 1 spiro atoms. The number of halogens is 4. The average Bonchev–Trinajstić information content (AvgIpc) is 3.47. The maximum atomic E-state index is 14.2. The zero-order valence-electron chi connectivity index (χ0n) is 18.3. The van der Waals surface area contributed by atoms with E-state index < -0.39 is 12.6 Å². The highest BCUT2D eigenvalue weighted by atomic mass is 32.1. The lowest BCUT2D eigenvalue weighted by molar-refractivity contribution is -0.126. The Kier molecular flexibility index (Phi) is 5.84. The number of fused-ring (bicyclic) bond motifs is 1. The number of nitriles is 1. The molecular weight excluding hydrogens is 466 g/mol. The monoisotopic (exact) mass is 489 g/mol. The first-order valence-electron chi connectivity index (χ1n) is 11.2. The fourth-order valence-electron chi connectivity index (χ4n) is 5.35. The van der Waals surface area contributed by atoms with Crippen molar-refractivity contribution in [3.8, 4) is 6.07 Å². The van der Waals surface area contributed by atoms with Crippen LogP contribution in [0.2, 0.25) is 0 Å². The number of aromatic nitrogens is 2. The van der Waals surface area contributed by atoms with Crippen molar-refractivity contribution in [3.05, 3.63) is 46.9 Å². The van der Waals surface area contributed by atoms with Gasteiger partial charge in [0.2, 0.25) is 0 Å². The van der Waals surface area contributed by atoms with Crippen molar-refractivity contribution in [3.63, 3.8) is 0 Å². The fourth-order valence-corrected chi connectivity index (χ4v) is 6.37. The van der Waals surface area contributed by atoms with Gasteiger partial charge in [-0.1, -0.05) is 6.07 Å². The third-order valence-electron chi connectivity index (χ3n) is 6.87. The predicted molar refractivity (Wildman–Crippen MR) is 123 cm³/mol. The quantitative estimate of drug-likeness (QED) is 0.455. The van der Waals surface area contributed by atoms with E-state index in [1.165, 1.54) is 12.4 Å². The second-order valence-corrected chi connectivity index (χ2v) is 10.4. The van der Waals surface area contributed by atoms with Crippen LogP contribution in [0.5, 0.6) is 0 Å². The molecule has 1 N–H and O–H groups in total. The maximum Gasteiger partial charge on any atom is 0.393 e. The highest BCUT2D eigenvalue weighted by molar-refractivity contribution is 7.18. The molecule has 5 nitrogen and oxygen atoms in total. The molecule has 2 fully saturated rings. The Balaban J connectivity index is 1.28. The molecule has 0 radical (unpaired) electrons. The summed E-state index contributed by atoms with van der Waals surface area (Å²) in [6, 6.07) is 8.68. The van der Waals surface area contributed by atoms with Crippen LogP contribution in [0, 0.1) is 22.6 Å². The second kappa shape index (κ2) is 8.69. The number of thiophene rings is 1. The van der Waals surface area contributed by atoms with Crippen LogP contribution in [0.4, 0.5) is 29.1 Å². The van der Waals surface area contributed by atoms with Gasteiger partial charge in [0.1, 0.15) is 22.8 Å². The van der Waals surface area contributed by atoms with Crippen LogP contribution in [-0.2, 0) is 12.8 Å². The lowest BCUT2D eigenvalue weighted by Gasteiger charge is -2.25. The van der Waals surface area contributed by atoms with E-state index in [1.807, 2.05) is 12.1 Å². The molecule has 0 amide bonds. The summed E-state index contributed by atoms with van der Waals surface area (Å²) in [4.78, 5) is 11.6. The number of rotatable bonds is 5. The van der Waals surface area contributed by atoms with E-state index in [9.17, 15) is 17.6 Å². The van der Waals surface area contributed by atoms with E-state index >= 15 is 0 Å². The minimum Gasteiger partial charge on any atom is -0.382 e. The van der Waals surface area contributed by atoms with Crippen LogP contribution in [-0.4, -0.2) is 35.3 Å². The smallest absolute Gasteiger partial charge is 0.382 e. The summed E-state index contributed by atoms with van der Waals surface area (Å²) in [6.07, 6.45) is 0.163. The molecule has 34 heavy (non-hydrogen) atoms. The summed E-state index contributed by atoms with van der Waals surface area (Å²) in [5.41, 5.74) is 1.20. The first kappa shape index (κ1) is 22.8. The third kappa shape index (κ3) is 4.67. The summed E-state index contributed by atoms with van der Waals surface area (Å²) < 4.78 is 52.8. The maximum absolute atomic E-state index is 14.2. The van der Waals surface area contributed by atoms with Gasteiger partial charge in [-0.25, -0.2) is 14.4 Å². The highest BCUT2D eigenvalue weighted by Gasteiger charge is 2.44. The molecule has 10 heteroatoms. The largest absolute Gasteiger partial charge is 0.393 e. The Morgan fingerprint density at radius 1 is 1.24 bits per heavy atom. The highest BCUT2D eigenvalue weighted by Crippen LogP contribution is 2.48. The van der Waals surface area contributed by atoms with Crippen LogP contribution < -0.4 is 10.2 Å². The molecule has 2 aromatic heterocycles. The number of nitrogens with one attached hydrogen (secondary N) is 1. The number of alkyl halides is 3. The SMILES string of the molecule is N#CCc1ccc(NC2CCC3(CCN(c4ncnc5sc(CC(F)(F)F)cc45)C3)C2)cc1F. The predicted octanol–water partition coefficient (Wildman–Crippen LogP) is 5.86. The van der Waals surface area contributed by atoms with Gasteiger partial charge >= 0.3 is 6.18 Å². The van der Waals surface area contributed by atoms with Crippen molar-refractivity contribution in [1.82, 2.24) is 9.97 Å². The molecular formula is C24H23F4N5S. The van der Waals surface area contributed by atoms with Crippen LogP contribution in [0.15, 0.2) is 30.6 Å². The number of anilines is 2. The number of hydrogen-bond donors (Lipinski definition) is 1. The summed E-state index contributed by atoms with van der Waals surface area (Å²) in [6.45, 7) is 1.58. The van der Waals surface area contributed by atoms with Gasteiger partial charge in [-0.15, -0.1) is 11.3 Å². The van der Waals surface area contributed by atoms with Gasteiger partial charge in [0.25, 0.3) is 0 Å². The minimum absolute atomic E-state index is 0.0482. The number of benzene rings is 1. The molecule has 1 aromatic carbocycles. The topological polar surface area (TPSA) is 64.8 Å². The third-order valence-corrected chi connectivity index (χ3v) is 7.91. The second-order valence-electron chi connectivity index (χ2n) is 9.32. The average molecular weight is 490 g/mol. The van der Waals surface area contributed by atoms with Crippen molar-refractivity contribution in [2.75, 3.05) is 23.3 Å². The van der Waals surface area contributed by atoms with Gasteiger partial charge < -0.3 is 10.2 Å². The van der Waals surface area contributed by atoms with E-state index in [0.717, 1.165) is 50.1 Å². The van der Waals surface area contributed by atoms with Crippen LogP contribution in [0.25, 0.3) is 10.2 Å². The van der Waals surface area contributed by atoms with E-state index in [4.69, 9.17) is 5.26 Å². The Morgan fingerprint density at radius 2 is 2.09 bits per heavy atom. The first-order valence-corrected chi connectivity index (χ1v) is 12.0. The molecule has 2 aliphatic rings. The van der Waals surface area contributed by atoms with Crippen molar-refractivity contribution in [1.29, 1.82) is 5.26 Å². The van der Waals surface area contributed by atoms with Crippen LogP contribution >= 0.6 is 11.3 Å². The van der Waals surface area contributed by atoms with Crippen molar-refractivity contribution >= 4 is 33.1 Å². The van der Waals surface area contributed by atoms with Crippen molar-refractivity contribution < 1.29 is 17.6 Å². The standard InChI is InChI=1S/C24H23F4N5S/c25-20-9-16(2-1-15(20)4-7-29)32-17-3-5-23(11-17)6-8-33(13-23)21-19-10-18(12-24(26,27)28)34-22(19)31-14-30-21/h1-2,9-10,14,17,32H,3-6,8,11-13H2. The molecule has 0 bridgehead atoms. The fraction of sp³-hybridized carbons (Fsp3) is 0.458. The zero-order chi connectivity index (χ0) is 23.9. The van der Waals surface area contributed by atoms with Crippen LogP contribution in [0.3, 0.4) is 0 Å². The summed E-state index contributed by atoms with van der Waals surface area (Å²) in [5.74, 6) is 0.331. The zero-order valence-corrected chi connectivity index (χ0v) is 19.1. The Morgan fingerprint density at radius 3 is 2.85 bits per heavy atom. The lowest BCUT2D eigenvalue weighted by atomic mass is 9.85. The van der Waals surface area contributed by atoms with Crippen molar-refractivity contribution in [2.24, 2.45) is 5.41 Å². The van der Waals surface area contributed by atoms with Gasteiger partial charge in [-0.2, -0.15) is 18.4 Å². The Hall–Kier alpha value is -2.93. The van der Waals surface area contributed by atoms with Gasteiger partial charge in [0.15, 0.2) is 0 Å². The molecule has 1 saturated heterocycles. The Bertz CT molecular complexity index is 1250. The molecule has 178 valence electrons. The Labute approximate surface area is 198 Å². The molecule has 3 heterocycles. The molecule has 2 atom stereocenters. The van der Waals surface area contributed by atoms with E-state index in [2.05, 4.69) is 20.2 Å². The molecule has 5 rings (SSSR count). The summed E-state index contributed by atoms with van der Waals surface area (Å²) >= 11 is 1.07. The lowest BCUT2D eigenvalue weighted by Crippen LogP contribution is -2.27.